The Kier molecular flexibility index (Phi) is 6.45. The summed E-state index contributed by atoms with van der Waals surface area (Å²) in [7, 11) is 0. The molecule has 1 aromatic carbocycles. The predicted octanol–water partition coefficient (Wildman–Crippen LogP) is 4.12. The molecule has 1 aliphatic heterocycles. The second-order valence-electron chi connectivity index (χ2n) is 8.23. The van der Waals surface area contributed by atoms with Gasteiger partial charge in [0.05, 0.1) is 12.8 Å². The highest BCUT2D eigenvalue weighted by Gasteiger charge is 2.19. The van der Waals surface area contributed by atoms with E-state index in [0.29, 0.717) is 12.3 Å². The molecule has 5 heteroatoms. The molecule has 2 aliphatic rings. The van der Waals surface area contributed by atoms with Crippen molar-refractivity contribution in [2.75, 3.05) is 31.5 Å². The molecule has 5 nitrogen and oxygen atoms in total. The minimum absolute atomic E-state index is 0.160. The van der Waals surface area contributed by atoms with E-state index in [4.69, 9.17) is 4.42 Å². The molecule has 4 rings (SSSR count). The number of carbonyl (C=O) groups is 1. The summed E-state index contributed by atoms with van der Waals surface area (Å²) in [6, 6.07) is 12.3. The number of piperazine rings is 1. The molecule has 0 radical (unpaired) electrons. The molecule has 1 amide bonds. The minimum atomic E-state index is 0.160. The van der Waals surface area contributed by atoms with Gasteiger partial charge in [0.25, 0.3) is 0 Å². The lowest BCUT2D eigenvalue weighted by Crippen LogP contribution is -2.45. The molecule has 1 saturated carbocycles. The number of carbonyl (C=O) groups excluding carboxylic acids is 1. The van der Waals surface area contributed by atoms with Crippen LogP contribution < -0.4 is 5.32 Å². The summed E-state index contributed by atoms with van der Waals surface area (Å²) in [6.07, 6.45) is 7.40. The average Bonchev–Trinajstić information content (AvgIpc) is 3.39. The first-order chi connectivity index (χ1) is 13.7. The van der Waals surface area contributed by atoms with Gasteiger partial charge in [0.1, 0.15) is 5.76 Å². The predicted molar refractivity (Wildman–Crippen MR) is 111 cm³/mol. The third-order valence-electron chi connectivity index (χ3n) is 6.02. The maximum Gasteiger partial charge on any atom is 0.224 e. The van der Waals surface area contributed by atoms with E-state index in [1.807, 2.05) is 24.3 Å². The van der Waals surface area contributed by atoms with Gasteiger partial charge in [0.15, 0.2) is 0 Å². The maximum atomic E-state index is 12.2. The van der Waals surface area contributed by atoms with E-state index in [9.17, 15) is 4.79 Å². The lowest BCUT2D eigenvalue weighted by atomic mass is 10.0. The molecule has 0 spiro atoms. The summed E-state index contributed by atoms with van der Waals surface area (Å²) in [5.74, 6) is 1.79. The van der Waals surface area contributed by atoms with Crippen molar-refractivity contribution in [1.82, 2.24) is 9.80 Å². The van der Waals surface area contributed by atoms with Crippen LogP contribution in [0.3, 0.4) is 0 Å². The summed E-state index contributed by atoms with van der Waals surface area (Å²) in [4.78, 5) is 17.1. The second kappa shape index (κ2) is 9.39. The van der Waals surface area contributed by atoms with E-state index < -0.39 is 0 Å². The number of furan rings is 1. The first kappa shape index (κ1) is 19.2. The van der Waals surface area contributed by atoms with Crippen LogP contribution in [-0.2, 0) is 17.9 Å². The Labute approximate surface area is 167 Å². The largest absolute Gasteiger partial charge is 0.468 e. The monoisotopic (exact) mass is 381 g/mol. The smallest absolute Gasteiger partial charge is 0.224 e. The topological polar surface area (TPSA) is 48.7 Å². The molecule has 0 atom stereocenters. The fourth-order valence-corrected chi connectivity index (χ4v) is 4.37. The fourth-order valence-electron chi connectivity index (χ4n) is 4.37. The zero-order valence-corrected chi connectivity index (χ0v) is 16.6. The lowest BCUT2D eigenvalue weighted by Gasteiger charge is -2.34. The van der Waals surface area contributed by atoms with E-state index in [-0.39, 0.29) is 5.91 Å². The number of amides is 1. The highest BCUT2D eigenvalue weighted by Crippen LogP contribution is 2.27. The van der Waals surface area contributed by atoms with E-state index in [1.165, 1.54) is 31.2 Å². The molecule has 2 heterocycles. The molecular weight excluding hydrogens is 350 g/mol. The van der Waals surface area contributed by atoms with Crippen molar-refractivity contribution in [2.45, 2.75) is 45.2 Å². The van der Waals surface area contributed by atoms with E-state index >= 15 is 0 Å². The molecule has 1 N–H and O–H groups in total. The number of hydrogen-bond acceptors (Lipinski definition) is 4. The highest BCUT2D eigenvalue weighted by atomic mass is 16.3. The standard InChI is InChI=1S/C23H31N3O2/c27-23(16-19-4-1-2-5-19)24-21-9-7-20(8-10-21)17-25-11-13-26(14-12-25)18-22-6-3-15-28-22/h3,6-10,15,19H,1-2,4-5,11-14,16-18H2,(H,24,27). The molecule has 1 saturated heterocycles. The third-order valence-corrected chi connectivity index (χ3v) is 6.02. The maximum absolute atomic E-state index is 12.2. The Morgan fingerprint density at radius 3 is 2.29 bits per heavy atom. The van der Waals surface area contributed by atoms with Gasteiger partial charge in [-0.05, 0) is 48.6 Å². The van der Waals surface area contributed by atoms with Gasteiger partial charge < -0.3 is 9.73 Å². The normalized spacial score (nSPS) is 19.1. The van der Waals surface area contributed by atoms with Crippen LogP contribution in [-0.4, -0.2) is 41.9 Å². The Morgan fingerprint density at radius 1 is 0.964 bits per heavy atom. The van der Waals surface area contributed by atoms with Crippen molar-refractivity contribution in [3.05, 3.63) is 54.0 Å². The third kappa shape index (κ3) is 5.46. The van der Waals surface area contributed by atoms with Gasteiger partial charge in [-0.1, -0.05) is 25.0 Å². The number of hydrogen-bond donors (Lipinski definition) is 1. The summed E-state index contributed by atoms with van der Waals surface area (Å²) in [5, 5.41) is 3.06. The zero-order valence-electron chi connectivity index (χ0n) is 16.6. The number of anilines is 1. The fraction of sp³-hybridized carbons (Fsp3) is 0.522. The van der Waals surface area contributed by atoms with Crippen LogP contribution in [0.1, 0.15) is 43.4 Å². The van der Waals surface area contributed by atoms with Crippen molar-refractivity contribution in [3.8, 4) is 0 Å². The molecule has 1 aromatic heterocycles. The zero-order chi connectivity index (χ0) is 19.2. The number of rotatable bonds is 7. The first-order valence-corrected chi connectivity index (χ1v) is 10.6. The van der Waals surface area contributed by atoms with Crippen LogP contribution in [0.25, 0.3) is 0 Å². The second-order valence-corrected chi connectivity index (χ2v) is 8.23. The van der Waals surface area contributed by atoms with Gasteiger partial charge in [-0.2, -0.15) is 0 Å². The van der Waals surface area contributed by atoms with Crippen molar-refractivity contribution >= 4 is 11.6 Å². The summed E-state index contributed by atoms with van der Waals surface area (Å²) in [6.45, 7) is 6.13. The summed E-state index contributed by atoms with van der Waals surface area (Å²) >= 11 is 0. The van der Waals surface area contributed by atoms with Gasteiger partial charge in [-0.3, -0.25) is 14.6 Å². The van der Waals surface area contributed by atoms with Crippen molar-refractivity contribution < 1.29 is 9.21 Å². The molecule has 1 aliphatic carbocycles. The Morgan fingerprint density at radius 2 is 1.64 bits per heavy atom. The molecule has 0 bridgehead atoms. The average molecular weight is 382 g/mol. The van der Waals surface area contributed by atoms with Crippen molar-refractivity contribution in [2.24, 2.45) is 5.92 Å². The van der Waals surface area contributed by atoms with Gasteiger partial charge in [0.2, 0.25) is 5.91 Å². The van der Waals surface area contributed by atoms with Crippen LogP contribution in [0.5, 0.6) is 0 Å². The van der Waals surface area contributed by atoms with Crippen molar-refractivity contribution in [1.29, 1.82) is 0 Å². The summed E-state index contributed by atoms with van der Waals surface area (Å²) in [5.41, 5.74) is 2.21. The van der Waals surface area contributed by atoms with Gasteiger partial charge in [-0.25, -0.2) is 0 Å². The van der Waals surface area contributed by atoms with Gasteiger partial charge in [0, 0.05) is 44.8 Å². The molecule has 2 aromatic rings. The van der Waals surface area contributed by atoms with Crippen LogP contribution in [0.4, 0.5) is 5.69 Å². The minimum Gasteiger partial charge on any atom is -0.468 e. The lowest BCUT2D eigenvalue weighted by molar-refractivity contribution is -0.117. The van der Waals surface area contributed by atoms with E-state index in [0.717, 1.165) is 50.7 Å². The number of benzene rings is 1. The number of nitrogens with one attached hydrogen (secondary N) is 1. The van der Waals surface area contributed by atoms with Crippen LogP contribution in [0.2, 0.25) is 0 Å². The Bertz CT molecular complexity index is 728. The van der Waals surface area contributed by atoms with Gasteiger partial charge >= 0.3 is 0 Å². The van der Waals surface area contributed by atoms with E-state index in [1.54, 1.807) is 6.26 Å². The number of nitrogens with zero attached hydrogens (tertiary/aromatic N) is 2. The quantitative estimate of drug-likeness (QED) is 0.784. The van der Waals surface area contributed by atoms with E-state index in [2.05, 4.69) is 27.2 Å². The Hall–Kier alpha value is -2.11. The molecule has 0 unspecified atom stereocenters. The molecule has 2 fully saturated rings. The van der Waals surface area contributed by atoms with Gasteiger partial charge in [-0.15, -0.1) is 0 Å². The Balaban J connectivity index is 1.19. The van der Waals surface area contributed by atoms with Crippen LogP contribution in [0.15, 0.2) is 47.1 Å². The highest BCUT2D eigenvalue weighted by molar-refractivity contribution is 5.90. The summed E-state index contributed by atoms with van der Waals surface area (Å²) < 4.78 is 5.45. The van der Waals surface area contributed by atoms with Crippen LogP contribution in [0, 0.1) is 5.92 Å². The molecular formula is C23H31N3O2. The molecule has 150 valence electrons. The molecule has 28 heavy (non-hydrogen) atoms. The van der Waals surface area contributed by atoms with Crippen LogP contribution >= 0.6 is 0 Å². The van der Waals surface area contributed by atoms with Crippen molar-refractivity contribution in [3.63, 3.8) is 0 Å². The first-order valence-electron chi connectivity index (χ1n) is 10.6. The SMILES string of the molecule is O=C(CC1CCCC1)Nc1ccc(CN2CCN(Cc3ccco3)CC2)cc1.